The van der Waals surface area contributed by atoms with E-state index in [0.717, 1.165) is 17.1 Å². The van der Waals surface area contributed by atoms with Gasteiger partial charge in [0.25, 0.3) is 0 Å². The molecule has 0 atom stereocenters. The van der Waals surface area contributed by atoms with Gasteiger partial charge in [-0.05, 0) is 47.2 Å². The molecule has 1 amide bonds. The molecule has 0 heterocycles. The molecule has 2 rings (SSSR count). The molecule has 2 aromatic rings. The zero-order valence-corrected chi connectivity index (χ0v) is 16.1. The molecule has 5 heteroatoms. The van der Waals surface area contributed by atoms with Gasteiger partial charge in [0.05, 0.1) is 6.42 Å². The molecule has 0 spiro atoms. The summed E-state index contributed by atoms with van der Waals surface area (Å²) in [5, 5.41) is 11.3. The first-order chi connectivity index (χ1) is 12.7. The van der Waals surface area contributed by atoms with Crippen LogP contribution in [0.1, 0.15) is 44.7 Å². The SMILES string of the molecule is CC(C)(C)c1ccc(Oc2ccc(CCNC(=O)CCC(=O)O)cc2)cc1. The number of benzene rings is 2. The van der Waals surface area contributed by atoms with Crippen molar-refractivity contribution in [1.82, 2.24) is 5.32 Å². The van der Waals surface area contributed by atoms with Crippen molar-refractivity contribution in [2.75, 3.05) is 6.54 Å². The second-order valence-electron chi connectivity index (χ2n) is 7.51. The van der Waals surface area contributed by atoms with Gasteiger partial charge in [0, 0.05) is 13.0 Å². The van der Waals surface area contributed by atoms with Gasteiger partial charge in [-0.1, -0.05) is 45.0 Å². The Hall–Kier alpha value is -2.82. The Morgan fingerprint density at radius 2 is 1.48 bits per heavy atom. The fourth-order valence-electron chi connectivity index (χ4n) is 2.54. The van der Waals surface area contributed by atoms with Gasteiger partial charge in [0.1, 0.15) is 11.5 Å². The molecule has 0 radical (unpaired) electrons. The van der Waals surface area contributed by atoms with Gasteiger partial charge in [-0.15, -0.1) is 0 Å². The standard InChI is InChI=1S/C22H27NO4/c1-22(2,3)17-6-10-19(11-7-17)27-18-8-4-16(5-9-18)14-15-23-20(24)12-13-21(25)26/h4-11H,12-15H2,1-3H3,(H,23,24)(H,25,26). The van der Waals surface area contributed by atoms with E-state index in [1.807, 2.05) is 36.4 Å². The number of hydrogen-bond donors (Lipinski definition) is 2. The number of carboxylic acids is 1. The Labute approximate surface area is 160 Å². The van der Waals surface area contributed by atoms with Gasteiger partial charge >= 0.3 is 5.97 Å². The van der Waals surface area contributed by atoms with E-state index in [4.69, 9.17) is 9.84 Å². The van der Waals surface area contributed by atoms with Crippen molar-refractivity contribution in [3.8, 4) is 11.5 Å². The summed E-state index contributed by atoms with van der Waals surface area (Å²) in [5.41, 5.74) is 2.45. The van der Waals surface area contributed by atoms with Crippen LogP contribution in [0.4, 0.5) is 0 Å². The third-order valence-corrected chi connectivity index (χ3v) is 4.18. The van der Waals surface area contributed by atoms with Gasteiger partial charge in [-0.3, -0.25) is 9.59 Å². The van der Waals surface area contributed by atoms with Crippen molar-refractivity contribution >= 4 is 11.9 Å². The minimum Gasteiger partial charge on any atom is -0.481 e. The zero-order chi connectivity index (χ0) is 19.9. The van der Waals surface area contributed by atoms with Crippen molar-refractivity contribution in [2.24, 2.45) is 0 Å². The van der Waals surface area contributed by atoms with E-state index in [-0.39, 0.29) is 24.2 Å². The van der Waals surface area contributed by atoms with Crippen LogP contribution in [-0.4, -0.2) is 23.5 Å². The van der Waals surface area contributed by atoms with Crippen LogP contribution in [0.15, 0.2) is 48.5 Å². The van der Waals surface area contributed by atoms with Gasteiger partial charge < -0.3 is 15.2 Å². The minimum atomic E-state index is -0.964. The molecule has 0 saturated heterocycles. The largest absolute Gasteiger partial charge is 0.481 e. The van der Waals surface area contributed by atoms with Crippen LogP contribution in [0.5, 0.6) is 11.5 Å². The van der Waals surface area contributed by atoms with Crippen molar-refractivity contribution in [3.05, 3.63) is 59.7 Å². The smallest absolute Gasteiger partial charge is 0.303 e. The first-order valence-electron chi connectivity index (χ1n) is 9.10. The quantitative estimate of drug-likeness (QED) is 0.727. The molecule has 2 N–H and O–H groups in total. The average Bonchev–Trinajstić information content (AvgIpc) is 2.61. The lowest BCUT2D eigenvalue weighted by atomic mass is 9.87. The maximum absolute atomic E-state index is 11.5. The van der Waals surface area contributed by atoms with E-state index >= 15 is 0 Å². The first-order valence-corrected chi connectivity index (χ1v) is 9.10. The number of rotatable bonds is 8. The lowest BCUT2D eigenvalue weighted by molar-refractivity contribution is -0.138. The summed E-state index contributed by atoms with van der Waals surface area (Å²) in [5.74, 6) is 0.346. The Bertz CT molecular complexity index is 758. The van der Waals surface area contributed by atoms with E-state index in [0.29, 0.717) is 13.0 Å². The summed E-state index contributed by atoms with van der Waals surface area (Å²) in [6.07, 6.45) is 0.546. The molecule has 0 fully saturated rings. The second kappa shape index (κ2) is 9.21. The predicted molar refractivity (Wildman–Crippen MR) is 105 cm³/mol. The number of carboxylic acid groups (broad SMARTS) is 1. The van der Waals surface area contributed by atoms with E-state index in [9.17, 15) is 9.59 Å². The number of ether oxygens (including phenoxy) is 1. The monoisotopic (exact) mass is 369 g/mol. The Kier molecular flexibility index (Phi) is 6.99. The number of carbonyl (C=O) groups is 2. The van der Waals surface area contributed by atoms with E-state index in [2.05, 4.69) is 38.2 Å². The molecular formula is C22H27NO4. The second-order valence-corrected chi connectivity index (χ2v) is 7.51. The minimum absolute atomic E-state index is 0.0100. The fraction of sp³-hybridized carbons (Fsp3) is 0.364. The number of amides is 1. The molecule has 0 aliphatic carbocycles. The highest BCUT2D eigenvalue weighted by molar-refractivity contribution is 5.80. The number of carbonyl (C=O) groups excluding carboxylic acids is 1. The van der Waals surface area contributed by atoms with Crippen LogP contribution in [-0.2, 0) is 21.4 Å². The molecule has 0 aromatic heterocycles. The molecule has 0 aliphatic rings. The van der Waals surface area contributed by atoms with Crippen LogP contribution in [0, 0.1) is 0 Å². The van der Waals surface area contributed by atoms with Gasteiger partial charge in [0.15, 0.2) is 0 Å². The molecule has 0 saturated carbocycles. The average molecular weight is 369 g/mol. The Morgan fingerprint density at radius 1 is 0.926 bits per heavy atom. The third kappa shape index (κ3) is 7.13. The van der Waals surface area contributed by atoms with Gasteiger partial charge in [-0.25, -0.2) is 0 Å². The normalized spacial score (nSPS) is 11.1. The highest BCUT2D eigenvalue weighted by Crippen LogP contribution is 2.27. The maximum atomic E-state index is 11.5. The molecule has 144 valence electrons. The summed E-state index contributed by atoms with van der Waals surface area (Å²) in [6, 6.07) is 15.8. The highest BCUT2D eigenvalue weighted by Gasteiger charge is 2.13. The predicted octanol–water partition coefficient (Wildman–Crippen LogP) is 4.30. The number of hydrogen-bond acceptors (Lipinski definition) is 3. The first kappa shape index (κ1) is 20.5. The number of aliphatic carboxylic acids is 1. The zero-order valence-electron chi connectivity index (χ0n) is 16.1. The van der Waals surface area contributed by atoms with Gasteiger partial charge in [0.2, 0.25) is 5.91 Å². The topological polar surface area (TPSA) is 75.6 Å². The summed E-state index contributed by atoms with van der Waals surface area (Å²) < 4.78 is 5.87. The van der Waals surface area contributed by atoms with Crippen LogP contribution >= 0.6 is 0 Å². The lowest BCUT2D eigenvalue weighted by Gasteiger charge is -2.19. The molecule has 0 unspecified atom stereocenters. The molecular weight excluding hydrogens is 342 g/mol. The lowest BCUT2D eigenvalue weighted by Crippen LogP contribution is -2.25. The third-order valence-electron chi connectivity index (χ3n) is 4.18. The molecule has 2 aromatic carbocycles. The maximum Gasteiger partial charge on any atom is 0.303 e. The Balaban J connectivity index is 1.81. The number of nitrogens with one attached hydrogen (secondary N) is 1. The summed E-state index contributed by atoms with van der Waals surface area (Å²) >= 11 is 0. The summed E-state index contributed by atoms with van der Waals surface area (Å²) in [4.78, 5) is 21.9. The Morgan fingerprint density at radius 3 is 2.00 bits per heavy atom. The molecule has 0 aliphatic heterocycles. The van der Waals surface area contributed by atoms with Gasteiger partial charge in [-0.2, -0.15) is 0 Å². The van der Waals surface area contributed by atoms with Crippen molar-refractivity contribution in [1.29, 1.82) is 0 Å². The summed E-state index contributed by atoms with van der Waals surface area (Å²) in [7, 11) is 0. The summed E-state index contributed by atoms with van der Waals surface area (Å²) in [6.45, 7) is 7.01. The molecule has 5 nitrogen and oxygen atoms in total. The van der Waals surface area contributed by atoms with E-state index < -0.39 is 5.97 Å². The highest BCUT2D eigenvalue weighted by atomic mass is 16.5. The van der Waals surface area contributed by atoms with Crippen LogP contribution < -0.4 is 10.1 Å². The van der Waals surface area contributed by atoms with E-state index in [1.165, 1.54) is 5.56 Å². The van der Waals surface area contributed by atoms with Crippen LogP contribution in [0.3, 0.4) is 0 Å². The van der Waals surface area contributed by atoms with Crippen LogP contribution in [0.25, 0.3) is 0 Å². The van der Waals surface area contributed by atoms with E-state index in [1.54, 1.807) is 0 Å². The van der Waals surface area contributed by atoms with Crippen molar-refractivity contribution in [3.63, 3.8) is 0 Å². The fourth-order valence-corrected chi connectivity index (χ4v) is 2.54. The van der Waals surface area contributed by atoms with Crippen molar-refractivity contribution in [2.45, 2.75) is 45.4 Å². The molecule has 27 heavy (non-hydrogen) atoms. The van der Waals surface area contributed by atoms with Crippen molar-refractivity contribution < 1.29 is 19.4 Å². The van der Waals surface area contributed by atoms with Crippen LogP contribution in [0.2, 0.25) is 0 Å². The molecule has 0 bridgehead atoms.